The smallest absolute Gasteiger partial charge is 0.155 e. The summed E-state index contributed by atoms with van der Waals surface area (Å²) < 4.78 is 1.78. The number of fused-ring (bicyclic) bond motifs is 1. The van der Waals surface area contributed by atoms with Crippen LogP contribution in [0.5, 0.6) is 0 Å². The van der Waals surface area contributed by atoms with Gasteiger partial charge in [-0.3, -0.25) is 0 Å². The molecule has 0 aliphatic rings. The Morgan fingerprint density at radius 3 is 2.75 bits per heavy atom. The van der Waals surface area contributed by atoms with Crippen molar-refractivity contribution in [3.8, 4) is 5.82 Å². The first kappa shape index (κ1) is 9.36. The molecule has 0 amide bonds. The first-order chi connectivity index (χ1) is 7.84. The molecule has 0 atom stereocenters. The molecule has 0 saturated heterocycles. The number of halogens is 1. The topological polar surface area (TPSA) is 30.7 Å². The van der Waals surface area contributed by atoms with Crippen molar-refractivity contribution >= 4 is 22.5 Å². The van der Waals surface area contributed by atoms with Gasteiger partial charge in [0.1, 0.15) is 5.15 Å². The van der Waals surface area contributed by atoms with Crippen molar-refractivity contribution in [2.24, 2.45) is 0 Å². The van der Waals surface area contributed by atoms with Crippen LogP contribution in [0.25, 0.3) is 16.7 Å². The van der Waals surface area contributed by atoms with E-state index in [1.165, 1.54) is 0 Å². The van der Waals surface area contributed by atoms with E-state index in [4.69, 9.17) is 11.6 Å². The number of para-hydroxylation sites is 1. The third-order valence-corrected chi connectivity index (χ3v) is 2.61. The predicted molar refractivity (Wildman–Crippen MR) is 63.9 cm³/mol. The van der Waals surface area contributed by atoms with E-state index in [2.05, 4.69) is 10.1 Å². The summed E-state index contributed by atoms with van der Waals surface area (Å²) in [7, 11) is 0. The number of hydrogen-bond donors (Lipinski definition) is 0. The minimum Gasteiger partial charge on any atom is -0.217 e. The van der Waals surface area contributed by atoms with Gasteiger partial charge in [0.05, 0.1) is 11.7 Å². The van der Waals surface area contributed by atoms with E-state index in [0.29, 0.717) is 5.15 Å². The molecule has 0 saturated carbocycles. The van der Waals surface area contributed by atoms with Crippen LogP contribution in [0.15, 0.2) is 48.7 Å². The predicted octanol–water partition coefficient (Wildman–Crippen LogP) is 3.07. The van der Waals surface area contributed by atoms with E-state index >= 15 is 0 Å². The molecule has 0 aliphatic heterocycles. The molecule has 2 aromatic heterocycles. The van der Waals surface area contributed by atoms with Gasteiger partial charge in [0, 0.05) is 5.39 Å². The fourth-order valence-electron chi connectivity index (χ4n) is 1.67. The van der Waals surface area contributed by atoms with E-state index in [0.717, 1.165) is 16.7 Å². The van der Waals surface area contributed by atoms with Gasteiger partial charge in [-0.15, -0.1) is 0 Å². The second-order valence-electron chi connectivity index (χ2n) is 3.43. The molecular formula is C12H8ClN3. The third-order valence-electron chi connectivity index (χ3n) is 2.39. The summed E-state index contributed by atoms with van der Waals surface area (Å²) in [5.41, 5.74) is 1.03. The van der Waals surface area contributed by atoms with Crippen LogP contribution in [0.4, 0.5) is 0 Å². The van der Waals surface area contributed by atoms with Crippen LogP contribution in [0, 0.1) is 0 Å². The van der Waals surface area contributed by atoms with Crippen LogP contribution in [0.1, 0.15) is 0 Å². The summed E-state index contributed by atoms with van der Waals surface area (Å²) in [5, 5.41) is 5.86. The van der Waals surface area contributed by atoms with Gasteiger partial charge in [-0.2, -0.15) is 5.10 Å². The minimum atomic E-state index is 0.470. The maximum Gasteiger partial charge on any atom is 0.155 e. The van der Waals surface area contributed by atoms with E-state index in [9.17, 15) is 0 Å². The summed E-state index contributed by atoms with van der Waals surface area (Å²) in [5.74, 6) is 0.730. The summed E-state index contributed by atoms with van der Waals surface area (Å²) in [4.78, 5) is 4.23. The van der Waals surface area contributed by atoms with E-state index in [-0.39, 0.29) is 0 Å². The molecule has 3 rings (SSSR count). The lowest BCUT2D eigenvalue weighted by atomic mass is 10.2. The zero-order chi connectivity index (χ0) is 11.0. The molecule has 0 bridgehead atoms. The zero-order valence-corrected chi connectivity index (χ0v) is 9.09. The molecule has 0 unspecified atom stereocenters. The monoisotopic (exact) mass is 229 g/mol. The van der Waals surface area contributed by atoms with Gasteiger partial charge in [-0.05, 0) is 18.2 Å². The maximum atomic E-state index is 5.86. The van der Waals surface area contributed by atoms with Crippen molar-refractivity contribution in [1.82, 2.24) is 14.8 Å². The van der Waals surface area contributed by atoms with Gasteiger partial charge in [0.25, 0.3) is 0 Å². The number of hydrogen-bond acceptors (Lipinski definition) is 2. The van der Waals surface area contributed by atoms with Crippen molar-refractivity contribution in [1.29, 1.82) is 0 Å². The second kappa shape index (κ2) is 3.61. The Labute approximate surface area is 97.3 Å². The Bertz CT molecular complexity index is 645. The lowest BCUT2D eigenvalue weighted by Crippen LogP contribution is -1.98. The Morgan fingerprint density at radius 2 is 1.88 bits per heavy atom. The van der Waals surface area contributed by atoms with Gasteiger partial charge >= 0.3 is 0 Å². The fourth-order valence-corrected chi connectivity index (χ4v) is 1.83. The first-order valence-corrected chi connectivity index (χ1v) is 5.28. The third kappa shape index (κ3) is 1.46. The molecule has 16 heavy (non-hydrogen) atoms. The van der Waals surface area contributed by atoms with E-state index in [1.807, 2.05) is 42.6 Å². The zero-order valence-electron chi connectivity index (χ0n) is 8.34. The summed E-state index contributed by atoms with van der Waals surface area (Å²) in [6.45, 7) is 0. The lowest BCUT2D eigenvalue weighted by Gasteiger charge is -2.02. The average molecular weight is 230 g/mol. The molecule has 4 heteroatoms. The number of aromatic nitrogens is 3. The van der Waals surface area contributed by atoms with E-state index in [1.54, 1.807) is 10.7 Å². The maximum absolute atomic E-state index is 5.86. The molecule has 0 fully saturated rings. The van der Waals surface area contributed by atoms with Crippen LogP contribution in [0.3, 0.4) is 0 Å². The van der Waals surface area contributed by atoms with Gasteiger partial charge in [-0.25, -0.2) is 9.67 Å². The van der Waals surface area contributed by atoms with Crippen molar-refractivity contribution in [2.75, 3.05) is 0 Å². The largest absolute Gasteiger partial charge is 0.217 e. The molecule has 3 nitrogen and oxygen atoms in total. The van der Waals surface area contributed by atoms with Crippen LogP contribution >= 0.6 is 11.6 Å². The standard InChI is InChI=1S/C12H8ClN3/c13-11-6-3-7-12(15-11)16-10-5-2-1-4-9(10)8-14-16/h1-8H. The minimum absolute atomic E-state index is 0.470. The second-order valence-corrected chi connectivity index (χ2v) is 3.82. The highest BCUT2D eigenvalue weighted by atomic mass is 35.5. The van der Waals surface area contributed by atoms with Crippen molar-refractivity contribution in [2.45, 2.75) is 0 Å². The Balaban J connectivity index is 2.26. The van der Waals surface area contributed by atoms with Gasteiger partial charge in [0.15, 0.2) is 5.82 Å². The Hall–Kier alpha value is -1.87. The first-order valence-electron chi connectivity index (χ1n) is 4.90. The van der Waals surface area contributed by atoms with Gasteiger partial charge in [0.2, 0.25) is 0 Å². The highest BCUT2D eigenvalue weighted by Crippen LogP contribution is 2.17. The number of rotatable bonds is 1. The molecule has 3 aromatic rings. The highest BCUT2D eigenvalue weighted by molar-refractivity contribution is 6.29. The molecule has 0 N–H and O–H groups in total. The summed E-state index contributed by atoms with van der Waals surface area (Å²) in [6, 6.07) is 13.5. The normalized spacial score (nSPS) is 10.8. The average Bonchev–Trinajstić information content (AvgIpc) is 2.72. The van der Waals surface area contributed by atoms with Gasteiger partial charge < -0.3 is 0 Å². The fraction of sp³-hybridized carbons (Fsp3) is 0. The van der Waals surface area contributed by atoms with Crippen LogP contribution < -0.4 is 0 Å². The van der Waals surface area contributed by atoms with Crippen LogP contribution in [0.2, 0.25) is 5.15 Å². The molecule has 2 heterocycles. The van der Waals surface area contributed by atoms with Crippen molar-refractivity contribution in [3.05, 3.63) is 53.8 Å². The molecular weight excluding hydrogens is 222 g/mol. The molecule has 78 valence electrons. The van der Waals surface area contributed by atoms with E-state index < -0.39 is 0 Å². The van der Waals surface area contributed by atoms with Crippen LogP contribution in [-0.4, -0.2) is 14.8 Å². The van der Waals surface area contributed by atoms with Crippen LogP contribution in [-0.2, 0) is 0 Å². The molecule has 1 aromatic carbocycles. The molecule has 0 radical (unpaired) electrons. The Kier molecular flexibility index (Phi) is 2.11. The summed E-state index contributed by atoms with van der Waals surface area (Å²) in [6.07, 6.45) is 1.82. The number of benzene rings is 1. The van der Waals surface area contributed by atoms with Crippen molar-refractivity contribution < 1.29 is 0 Å². The SMILES string of the molecule is Clc1cccc(-n2ncc3ccccc32)n1. The number of pyridine rings is 1. The molecule has 0 spiro atoms. The summed E-state index contributed by atoms with van der Waals surface area (Å²) >= 11 is 5.86. The highest BCUT2D eigenvalue weighted by Gasteiger charge is 2.04. The quantitative estimate of drug-likeness (QED) is 0.601. The lowest BCUT2D eigenvalue weighted by molar-refractivity contribution is 0.875. The van der Waals surface area contributed by atoms with Crippen molar-refractivity contribution in [3.63, 3.8) is 0 Å². The Morgan fingerprint density at radius 1 is 1.00 bits per heavy atom. The number of nitrogens with zero attached hydrogens (tertiary/aromatic N) is 3. The van der Waals surface area contributed by atoms with Gasteiger partial charge in [-0.1, -0.05) is 35.9 Å². The molecule has 0 aliphatic carbocycles.